The van der Waals surface area contributed by atoms with Gasteiger partial charge in [-0.25, -0.2) is 0 Å². The highest BCUT2D eigenvalue weighted by Gasteiger charge is 2.43. The Hall–Kier alpha value is -2.18. The second-order valence-electron chi connectivity index (χ2n) is 7.80. The quantitative estimate of drug-likeness (QED) is 0.627. The van der Waals surface area contributed by atoms with Crippen molar-refractivity contribution in [3.8, 4) is 0 Å². The zero-order chi connectivity index (χ0) is 20.5. The first-order valence-electron chi connectivity index (χ1n) is 10.7. The molecule has 1 aromatic rings. The van der Waals surface area contributed by atoms with Gasteiger partial charge >= 0.3 is 5.97 Å². The molecule has 158 valence electrons. The maximum Gasteiger partial charge on any atom is 0.314 e. The summed E-state index contributed by atoms with van der Waals surface area (Å²) >= 11 is 0. The molecule has 0 saturated carbocycles. The number of carbonyl (C=O) groups is 2. The van der Waals surface area contributed by atoms with Gasteiger partial charge in [0.25, 0.3) is 0 Å². The first-order valence-corrected chi connectivity index (χ1v) is 10.7. The van der Waals surface area contributed by atoms with Gasteiger partial charge in [-0.2, -0.15) is 5.06 Å². The van der Waals surface area contributed by atoms with Crippen LogP contribution in [0.2, 0.25) is 0 Å². The van der Waals surface area contributed by atoms with Crippen LogP contribution >= 0.6 is 0 Å². The second-order valence-corrected chi connectivity index (χ2v) is 7.80. The number of carbonyl (C=O) groups excluding carboxylic acids is 2. The second kappa shape index (κ2) is 10.6. The SMILES string of the molecule is CCOC(=O)C1(C/C=C/c2ccccc2)CCCN(C(=O)CCN2CCCO2)C1. The van der Waals surface area contributed by atoms with Crippen LogP contribution in [0.5, 0.6) is 0 Å². The minimum atomic E-state index is -0.667. The lowest BCUT2D eigenvalue weighted by Crippen LogP contribution is -2.50. The van der Waals surface area contributed by atoms with Crippen molar-refractivity contribution in [2.75, 3.05) is 39.4 Å². The molecular weight excluding hydrogens is 368 g/mol. The lowest BCUT2D eigenvalue weighted by atomic mass is 9.76. The van der Waals surface area contributed by atoms with Gasteiger partial charge in [0, 0.05) is 32.6 Å². The van der Waals surface area contributed by atoms with E-state index in [0.29, 0.717) is 39.1 Å². The van der Waals surface area contributed by atoms with Gasteiger partial charge < -0.3 is 9.64 Å². The van der Waals surface area contributed by atoms with Crippen LogP contribution in [0.3, 0.4) is 0 Å². The molecule has 29 heavy (non-hydrogen) atoms. The number of hydroxylamine groups is 2. The summed E-state index contributed by atoms with van der Waals surface area (Å²) in [5.74, 6) is -0.112. The maximum atomic E-state index is 12.9. The van der Waals surface area contributed by atoms with Gasteiger partial charge in [-0.1, -0.05) is 42.5 Å². The van der Waals surface area contributed by atoms with Crippen molar-refractivity contribution >= 4 is 18.0 Å². The highest BCUT2D eigenvalue weighted by Crippen LogP contribution is 2.36. The van der Waals surface area contributed by atoms with Gasteiger partial charge in [-0.3, -0.25) is 14.4 Å². The number of rotatable bonds is 8. The molecule has 1 unspecified atom stereocenters. The predicted molar refractivity (Wildman–Crippen MR) is 112 cm³/mol. The Labute approximate surface area is 173 Å². The van der Waals surface area contributed by atoms with E-state index in [-0.39, 0.29) is 11.9 Å². The fourth-order valence-electron chi connectivity index (χ4n) is 4.08. The molecule has 1 aromatic carbocycles. The third kappa shape index (κ3) is 5.90. The molecule has 2 aliphatic heterocycles. The van der Waals surface area contributed by atoms with Gasteiger partial charge in [0.1, 0.15) is 0 Å². The van der Waals surface area contributed by atoms with Crippen LogP contribution in [0.25, 0.3) is 6.08 Å². The number of ether oxygens (including phenoxy) is 1. The lowest BCUT2D eigenvalue weighted by molar-refractivity contribution is -0.161. The number of allylic oxidation sites excluding steroid dienone is 1. The molecule has 0 aliphatic carbocycles. The summed E-state index contributed by atoms with van der Waals surface area (Å²) in [6, 6.07) is 10.0. The number of benzene rings is 1. The van der Waals surface area contributed by atoms with E-state index in [2.05, 4.69) is 0 Å². The van der Waals surface area contributed by atoms with Crippen molar-refractivity contribution in [1.82, 2.24) is 9.96 Å². The summed E-state index contributed by atoms with van der Waals surface area (Å²) < 4.78 is 5.42. The van der Waals surface area contributed by atoms with Crippen molar-refractivity contribution in [2.24, 2.45) is 5.41 Å². The zero-order valence-corrected chi connectivity index (χ0v) is 17.3. The van der Waals surface area contributed by atoms with Crippen molar-refractivity contribution in [3.05, 3.63) is 42.0 Å². The minimum Gasteiger partial charge on any atom is -0.466 e. The van der Waals surface area contributed by atoms with Crippen LogP contribution in [-0.4, -0.2) is 61.2 Å². The summed E-state index contributed by atoms with van der Waals surface area (Å²) in [7, 11) is 0. The molecule has 2 heterocycles. The molecule has 6 nitrogen and oxygen atoms in total. The molecule has 0 aromatic heterocycles. The molecule has 0 bridgehead atoms. The van der Waals surface area contributed by atoms with Gasteiger partial charge in [-0.15, -0.1) is 0 Å². The Morgan fingerprint density at radius 3 is 2.76 bits per heavy atom. The van der Waals surface area contributed by atoms with Crippen LogP contribution in [0.15, 0.2) is 36.4 Å². The standard InChI is InChI=1S/C23H32N2O4/c1-2-28-22(27)23(13-6-11-20-9-4-3-5-10-20)14-7-15-24(19-23)21(26)12-17-25-16-8-18-29-25/h3-6,9-11H,2,7-8,12-19H2,1H3/b11-6+. The van der Waals surface area contributed by atoms with Gasteiger partial charge in [0.2, 0.25) is 5.91 Å². The van der Waals surface area contributed by atoms with E-state index in [0.717, 1.165) is 38.0 Å². The van der Waals surface area contributed by atoms with Crippen LogP contribution in [0, 0.1) is 5.41 Å². The van der Waals surface area contributed by atoms with Crippen LogP contribution in [0.4, 0.5) is 0 Å². The average molecular weight is 401 g/mol. The third-order valence-corrected chi connectivity index (χ3v) is 5.66. The Morgan fingerprint density at radius 2 is 2.03 bits per heavy atom. The van der Waals surface area contributed by atoms with Crippen molar-refractivity contribution in [3.63, 3.8) is 0 Å². The molecular formula is C23H32N2O4. The predicted octanol–water partition coefficient (Wildman–Crippen LogP) is 3.29. The van der Waals surface area contributed by atoms with E-state index in [1.807, 2.05) is 59.4 Å². The molecule has 2 aliphatic rings. The summed E-state index contributed by atoms with van der Waals surface area (Å²) in [6.45, 7) is 5.52. The van der Waals surface area contributed by atoms with Crippen LogP contribution in [0.1, 0.15) is 44.6 Å². The number of nitrogens with zero attached hydrogens (tertiary/aromatic N) is 2. The molecule has 0 radical (unpaired) electrons. The van der Waals surface area contributed by atoms with E-state index in [1.54, 1.807) is 0 Å². The fraction of sp³-hybridized carbons (Fsp3) is 0.565. The first kappa shape index (κ1) is 21.5. The van der Waals surface area contributed by atoms with Crippen molar-refractivity contribution in [2.45, 2.75) is 39.0 Å². The summed E-state index contributed by atoms with van der Waals surface area (Å²) in [5.41, 5.74) is 0.431. The van der Waals surface area contributed by atoms with Crippen LogP contribution in [-0.2, 0) is 19.2 Å². The maximum absolute atomic E-state index is 12.9. The molecule has 6 heteroatoms. The van der Waals surface area contributed by atoms with Gasteiger partial charge in [0.15, 0.2) is 0 Å². The Bertz CT molecular complexity index is 700. The molecule has 1 amide bonds. The van der Waals surface area contributed by atoms with Gasteiger partial charge in [-0.05, 0) is 38.2 Å². The van der Waals surface area contributed by atoms with E-state index < -0.39 is 5.41 Å². The fourth-order valence-corrected chi connectivity index (χ4v) is 4.08. The number of hydrogen-bond donors (Lipinski definition) is 0. The first-order chi connectivity index (χ1) is 14.1. The Kier molecular flexibility index (Phi) is 7.83. The number of esters is 1. The number of hydrogen-bond acceptors (Lipinski definition) is 5. The molecule has 0 N–H and O–H groups in total. The number of likely N-dealkylation sites (tertiary alicyclic amines) is 1. The zero-order valence-electron chi connectivity index (χ0n) is 17.3. The highest BCUT2D eigenvalue weighted by atomic mass is 16.7. The van der Waals surface area contributed by atoms with Crippen molar-refractivity contribution in [1.29, 1.82) is 0 Å². The minimum absolute atomic E-state index is 0.0842. The highest BCUT2D eigenvalue weighted by molar-refractivity contribution is 5.81. The molecule has 3 rings (SSSR count). The molecule has 2 fully saturated rings. The summed E-state index contributed by atoms with van der Waals surface area (Å²) in [5, 5.41) is 1.86. The Morgan fingerprint density at radius 1 is 1.21 bits per heavy atom. The molecule has 2 saturated heterocycles. The van der Waals surface area contributed by atoms with E-state index in [1.165, 1.54) is 0 Å². The van der Waals surface area contributed by atoms with E-state index in [9.17, 15) is 9.59 Å². The largest absolute Gasteiger partial charge is 0.466 e. The molecule has 0 spiro atoms. The van der Waals surface area contributed by atoms with E-state index in [4.69, 9.17) is 9.57 Å². The number of piperidine rings is 1. The van der Waals surface area contributed by atoms with E-state index >= 15 is 0 Å². The monoisotopic (exact) mass is 400 g/mol. The average Bonchev–Trinajstić information content (AvgIpc) is 3.27. The lowest BCUT2D eigenvalue weighted by Gasteiger charge is -2.40. The summed E-state index contributed by atoms with van der Waals surface area (Å²) in [4.78, 5) is 33.0. The molecule has 1 atom stereocenters. The van der Waals surface area contributed by atoms with Crippen molar-refractivity contribution < 1.29 is 19.2 Å². The Balaban J connectivity index is 1.65. The normalized spacial score (nSPS) is 22.9. The van der Waals surface area contributed by atoms with Gasteiger partial charge in [0.05, 0.1) is 18.6 Å². The smallest absolute Gasteiger partial charge is 0.314 e. The summed E-state index contributed by atoms with van der Waals surface area (Å²) in [6.07, 6.45) is 7.62. The third-order valence-electron chi connectivity index (χ3n) is 5.66. The number of amides is 1. The topological polar surface area (TPSA) is 59.1 Å². The van der Waals surface area contributed by atoms with Crippen LogP contribution < -0.4 is 0 Å².